The van der Waals surface area contributed by atoms with E-state index in [1.165, 1.54) is 5.56 Å². The Balaban J connectivity index is 2.64. The minimum absolute atomic E-state index is 0.317. The highest BCUT2D eigenvalue weighted by molar-refractivity contribution is 5.50. The fraction of sp³-hybridized carbons (Fsp3) is 0.417. The average molecular weight is 188 g/mol. The van der Waals surface area contributed by atoms with E-state index >= 15 is 0 Å². The zero-order valence-corrected chi connectivity index (χ0v) is 8.96. The number of nitrogens with zero attached hydrogens (tertiary/aromatic N) is 1. The van der Waals surface area contributed by atoms with E-state index in [1.807, 2.05) is 32.0 Å². The van der Waals surface area contributed by atoms with Gasteiger partial charge in [-0.3, -0.25) is 0 Å². The first-order valence-corrected chi connectivity index (χ1v) is 4.76. The molecule has 0 saturated heterocycles. The van der Waals surface area contributed by atoms with Crippen LogP contribution in [0.1, 0.15) is 19.4 Å². The first-order valence-electron chi connectivity index (χ1n) is 4.76. The first kappa shape index (κ1) is 10.6. The molecule has 2 nitrogen and oxygen atoms in total. The maximum Gasteiger partial charge on any atom is 0.0702 e. The summed E-state index contributed by atoms with van der Waals surface area (Å²) in [6.45, 7) is 6.59. The zero-order valence-electron chi connectivity index (χ0n) is 8.96. The molecule has 0 fully saturated rings. The third-order valence-corrected chi connectivity index (χ3v) is 2.17. The highest BCUT2D eigenvalue weighted by Gasteiger charge is 2.15. The molecule has 1 aromatic carbocycles. The number of para-hydroxylation sites is 1. The molecule has 0 amide bonds. The molecule has 0 saturated carbocycles. The van der Waals surface area contributed by atoms with Crippen LogP contribution in [-0.4, -0.2) is 6.54 Å². The second kappa shape index (κ2) is 4.15. The van der Waals surface area contributed by atoms with E-state index in [9.17, 15) is 0 Å². The van der Waals surface area contributed by atoms with Gasteiger partial charge in [0.05, 0.1) is 11.5 Å². The molecule has 0 aliphatic rings. The molecule has 1 aromatic rings. The van der Waals surface area contributed by atoms with Gasteiger partial charge in [0.15, 0.2) is 0 Å². The number of rotatable bonds is 3. The standard InChI is InChI=1S/C12H16N2/c1-10-6-4-5-7-11(10)14-9-12(2,3)8-13/h4-7,14H,9H2,1-3H3. The summed E-state index contributed by atoms with van der Waals surface area (Å²) in [5, 5.41) is 12.1. The third-order valence-electron chi connectivity index (χ3n) is 2.17. The quantitative estimate of drug-likeness (QED) is 0.791. The third kappa shape index (κ3) is 2.77. The Bertz CT molecular complexity index is 348. The summed E-state index contributed by atoms with van der Waals surface area (Å²) < 4.78 is 0. The van der Waals surface area contributed by atoms with Gasteiger partial charge in [-0.25, -0.2) is 0 Å². The van der Waals surface area contributed by atoms with Gasteiger partial charge in [0.1, 0.15) is 0 Å². The van der Waals surface area contributed by atoms with Gasteiger partial charge in [-0.15, -0.1) is 0 Å². The van der Waals surface area contributed by atoms with E-state index < -0.39 is 0 Å². The molecule has 0 aromatic heterocycles. The van der Waals surface area contributed by atoms with Crippen LogP contribution in [0.15, 0.2) is 24.3 Å². The maximum atomic E-state index is 8.85. The van der Waals surface area contributed by atoms with E-state index in [0.29, 0.717) is 6.54 Å². The van der Waals surface area contributed by atoms with Gasteiger partial charge in [0.25, 0.3) is 0 Å². The van der Waals surface area contributed by atoms with Crippen LogP contribution < -0.4 is 5.32 Å². The second-order valence-corrected chi connectivity index (χ2v) is 4.16. The maximum absolute atomic E-state index is 8.85. The molecule has 0 spiro atoms. The van der Waals surface area contributed by atoms with E-state index in [1.54, 1.807) is 0 Å². The van der Waals surface area contributed by atoms with E-state index in [0.717, 1.165) is 5.69 Å². The van der Waals surface area contributed by atoms with Crippen LogP contribution in [0.5, 0.6) is 0 Å². The van der Waals surface area contributed by atoms with Crippen LogP contribution in [0.25, 0.3) is 0 Å². The molecule has 0 bridgehead atoms. The number of aryl methyl sites for hydroxylation is 1. The normalized spacial score (nSPS) is 10.7. The Morgan fingerprint density at radius 1 is 1.36 bits per heavy atom. The van der Waals surface area contributed by atoms with Crippen molar-refractivity contribution in [2.24, 2.45) is 5.41 Å². The van der Waals surface area contributed by atoms with Crippen LogP contribution in [-0.2, 0) is 0 Å². The summed E-state index contributed by atoms with van der Waals surface area (Å²) in [5.74, 6) is 0. The summed E-state index contributed by atoms with van der Waals surface area (Å²) in [4.78, 5) is 0. The van der Waals surface area contributed by atoms with Gasteiger partial charge >= 0.3 is 0 Å². The molecule has 0 heterocycles. The van der Waals surface area contributed by atoms with Crippen LogP contribution in [0, 0.1) is 23.7 Å². The van der Waals surface area contributed by atoms with Crippen molar-refractivity contribution in [1.29, 1.82) is 5.26 Å². The van der Waals surface area contributed by atoms with E-state index in [-0.39, 0.29) is 5.41 Å². The minimum atomic E-state index is -0.317. The number of nitriles is 1. The van der Waals surface area contributed by atoms with E-state index in [2.05, 4.69) is 24.4 Å². The largest absolute Gasteiger partial charge is 0.383 e. The van der Waals surface area contributed by atoms with Crippen molar-refractivity contribution in [3.63, 3.8) is 0 Å². The van der Waals surface area contributed by atoms with Crippen molar-refractivity contribution in [2.45, 2.75) is 20.8 Å². The smallest absolute Gasteiger partial charge is 0.0702 e. The van der Waals surface area contributed by atoms with Crippen LogP contribution in [0.3, 0.4) is 0 Å². The summed E-state index contributed by atoms with van der Waals surface area (Å²) in [7, 11) is 0. The van der Waals surface area contributed by atoms with Crippen molar-refractivity contribution >= 4 is 5.69 Å². The first-order chi connectivity index (χ1) is 6.55. The molecular formula is C12H16N2. The Morgan fingerprint density at radius 3 is 2.57 bits per heavy atom. The number of hydrogen-bond acceptors (Lipinski definition) is 2. The Morgan fingerprint density at radius 2 is 2.00 bits per heavy atom. The number of anilines is 1. The van der Waals surface area contributed by atoms with Gasteiger partial charge in [-0.05, 0) is 32.4 Å². The molecule has 0 atom stereocenters. The Hall–Kier alpha value is -1.49. The number of hydrogen-bond donors (Lipinski definition) is 1. The summed E-state index contributed by atoms with van der Waals surface area (Å²) in [5.41, 5.74) is 2.00. The number of nitrogens with one attached hydrogen (secondary N) is 1. The van der Waals surface area contributed by atoms with Gasteiger partial charge in [0, 0.05) is 12.2 Å². The average Bonchev–Trinajstić information content (AvgIpc) is 2.17. The fourth-order valence-electron chi connectivity index (χ4n) is 1.13. The molecule has 1 N–H and O–H groups in total. The lowest BCUT2D eigenvalue weighted by atomic mass is 9.96. The molecule has 74 valence electrons. The van der Waals surface area contributed by atoms with Crippen molar-refractivity contribution in [2.75, 3.05) is 11.9 Å². The van der Waals surface area contributed by atoms with Crippen LogP contribution >= 0.6 is 0 Å². The van der Waals surface area contributed by atoms with Crippen molar-refractivity contribution in [3.8, 4) is 6.07 Å². The van der Waals surface area contributed by atoms with Gasteiger partial charge < -0.3 is 5.32 Å². The van der Waals surface area contributed by atoms with Crippen molar-refractivity contribution < 1.29 is 0 Å². The fourth-order valence-corrected chi connectivity index (χ4v) is 1.13. The van der Waals surface area contributed by atoms with Gasteiger partial charge in [-0.2, -0.15) is 5.26 Å². The molecule has 2 heteroatoms. The Kier molecular flexibility index (Phi) is 3.14. The SMILES string of the molecule is Cc1ccccc1NCC(C)(C)C#N. The van der Waals surface area contributed by atoms with E-state index in [4.69, 9.17) is 5.26 Å². The zero-order chi connectivity index (χ0) is 10.6. The van der Waals surface area contributed by atoms with Crippen molar-refractivity contribution in [1.82, 2.24) is 0 Å². The molecule has 0 aliphatic heterocycles. The topological polar surface area (TPSA) is 35.8 Å². The Labute approximate surface area is 85.6 Å². The predicted molar refractivity (Wildman–Crippen MR) is 59.1 cm³/mol. The predicted octanol–water partition coefficient (Wildman–Crippen LogP) is 2.96. The molecule has 1 rings (SSSR count). The minimum Gasteiger partial charge on any atom is -0.383 e. The molecule has 0 unspecified atom stereocenters. The molecular weight excluding hydrogens is 172 g/mol. The van der Waals surface area contributed by atoms with Gasteiger partial charge in [-0.1, -0.05) is 18.2 Å². The number of benzene rings is 1. The lowest BCUT2D eigenvalue weighted by Gasteiger charge is -2.17. The monoisotopic (exact) mass is 188 g/mol. The second-order valence-electron chi connectivity index (χ2n) is 4.16. The van der Waals surface area contributed by atoms with Crippen molar-refractivity contribution in [3.05, 3.63) is 29.8 Å². The summed E-state index contributed by atoms with van der Waals surface area (Å²) in [6, 6.07) is 10.4. The lowest BCUT2D eigenvalue weighted by Crippen LogP contribution is -2.21. The lowest BCUT2D eigenvalue weighted by molar-refractivity contribution is 0.529. The highest BCUT2D eigenvalue weighted by Crippen LogP contribution is 2.18. The summed E-state index contributed by atoms with van der Waals surface area (Å²) >= 11 is 0. The molecule has 0 aliphatic carbocycles. The molecule has 14 heavy (non-hydrogen) atoms. The molecule has 0 radical (unpaired) electrons. The van der Waals surface area contributed by atoms with Gasteiger partial charge in [0.2, 0.25) is 0 Å². The highest BCUT2D eigenvalue weighted by atomic mass is 14.9. The van der Waals surface area contributed by atoms with Crippen LogP contribution in [0.2, 0.25) is 0 Å². The van der Waals surface area contributed by atoms with Crippen LogP contribution in [0.4, 0.5) is 5.69 Å². The summed E-state index contributed by atoms with van der Waals surface area (Å²) in [6.07, 6.45) is 0.